The standard InChI is InChI=1S/C23H22FN3O4/c1-4-16-7-6-8-19(27(30)31)18(16)13-20-21(28)25-23(5-2,22(29)26(20)3)14-15-9-11-17(24)12-10-15/h4,6-13H,1,5,14H2,2-3H3,(H,25,28). The molecule has 1 fully saturated rings. The van der Waals surface area contributed by atoms with Crippen molar-refractivity contribution in [2.45, 2.75) is 25.3 Å². The number of nitro groups is 1. The Morgan fingerprint density at radius 3 is 2.48 bits per heavy atom. The van der Waals surface area contributed by atoms with Crippen LogP contribution in [0.2, 0.25) is 0 Å². The minimum absolute atomic E-state index is 0.00872. The highest BCUT2D eigenvalue weighted by Crippen LogP contribution is 2.31. The van der Waals surface area contributed by atoms with Crippen molar-refractivity contribution in [3.63, 3.8) is 0 Å². The quantitative estimate of drug-likeness (QED) is 0.436. The van der Waals surface area contributed by atoms with Crippen LogP contribution < -0.4 is 5.32 Å². The van der Waals surface area contributed by atoms with E-state index in [1.807, 2.05) is 0 Å². The van der Waals surface area contributed by atoms with Crippen LogP contribution in [0.25, 0.3) is 12.2 Å². The Balaban J connectivity index is 2.03. The van der Waals surface area contributed by atoms with Gasteiger partial charge in [0.2, 0.25) is 0 Å². The van der Waals surface area contributed by atoms with E-state index in [1.165, 1.54) is 48.4 Å². The van der Waals surface area contributed by atoms with Gasteiger partial charge in [0.1, 0.15) is 17.1 Å². The van der Waals surface area contributed by atoms with Crippen molar-refractivity contribution < 1.29 is 18.9 Å². The van der Waals surface area contributed by atoms with E-state index in [9.17, 15) is 24.1 Å². The Labute approximate surface area is 179 Å². The molecule has 1 unspecified atom stereocenters. The number of nitrogens with one attached hydrogen (secondary N) is 1. The number of carbonyl (C=O) groups is 2. The van der Waals surface area contributed by atoms with E-state index in [0.29, 0.717) is 17.5 Å². The van der Waals surface area contributed by atoms with Crippen LogP contribution in [-0.2, 0) is 16.0 Å². The van der Waals surface area contributed by atoms with Gasteiger partial charge < -0.3 is 10.2 Å². The van der Waals surface area contributed by atoms with E-state index in [4.69, 9.17) is 0 Å². The fourth-order valence-corrected chi connectivity index (χ4v) is 3.72. The monoisotopic (exact) mass is 423 g/mol. The lowest BCUT2D eigenvalue weighted by Crippen LogP contribution is -2.65. The summed E-state index contributed by atoms with van der Waals surface area (Å²) < 4.78 is 13.2. The number of nitro benzene ring substituents is 1. The van der Waals surface area contributed by atoms with Crippen molar-refractivity contribution in [2.24, 2.45) is 0 Å². The first-order valence-electron chi connectivity index (χ1n) is 9.69. The minimum atomic E-state index is -1.20. The highest BCUT2D eigenvalue weighted by molar-refractivity contribution is 6.09. The molecule has 0 saturated carbocycles. The lowest BCUT2D eigenvalue weighted by Gasteiger charge is -2.41. The van der Waals surface area contributed by atoms with Crippen LogP contribution in [0.1, 0.15) is 30.0 Å². The topological polar surface area (TPSA) is 92.5 Å². The van der Waals surface area contributed by atoms with Gasteiger partial charge in [-0.2, -0.15) is 0 Å². The molecule has 2 aromatic carbocycles. The first-order chi connectivity index (χ1) is 14.7. The zero-order chi connectivity index (χ0) is 22.8. The van der Waals surface area contributed by atoms with E-state index >= 15 is 0 Å². The normalized spacial score (nSPS) is 20.0. The average Bonchev–Trinajstić information content (AvgIpc) is 2.76. The zero-order valence-electron chi connectivity index (χ0n) is 17.2. The van der Waals surface area contributed by atoms with Crippen molar-refractivity contribution in [1.29, 1.82) is 0 Å². The van der Waals surface area contributed by atoms with Crippen LogP contribution in [0, 0.1) is 15.9 Å². The second-order valence-electron chi connectivity index (χ2n) is 7.33. The van der Waals surface area contributed by atoms with Gasteiger partial charge in [0.25, 0.3) is 17.5 Å². The van der Waals surface area contributed by atoms with E-state index in [0.717, 1.165) is 0 Å². The van der Waals surface area contributed by atoms with E-state index in [-0.39, 0.29) is 29.3 Å². The van der Waals surface area contributed by atoms with E-state index in [2.05, 4.69) is 11.9 Å². The van der Waals surface area contributed by atoms with Crippen molar-refractivity contribution in [2.75, 3.05) is 7.05 Å². The average molecular weight is 423 g/mol. The number of hydrogen-bond donors (Lipinski definition) is 1. The molecule has 1 atom stereocenters. The molecule has 8 heteroatoms. The number of benzene rings is 2. The van der Waals surface area contributed by atoms with Crippen molar-refractivity contribution >= 4 is 29.7 Å². The third kappa shape index (κ3) is 4.09. The summed E-state index contributed by atoms with van der Waals surface area (Å²) >= 11 is 0. The summed E-state index contributed by atoms with van der Waals surface area (Å²) in [6, 6.07) is 10.2. The SMILES string of the molecule is C=Cc1cccc([N+](=O)[O-])c1C=C1C(=O)NC(CC)(Cc2ccc(F)cc2)C(=O)N1C. The van der Waals surface area contributed by atoms with Gasteiger partial charge in [-0.15, -0.1) is 0 Å². The highest BCUT2D eigenvalue weighted by atomic mass is 19.1. The van der Waals surface area contributed by atoms with Crippen LogP contribution in [0.4, 0.5) is 10.1 Å². The van der Waals surface area contributed by atoms with Crippen LogP contribution in [0.3, 0.4) is 0 Å². The molecule has 1 aliphatic rings. The van der Waals surface area contributed by atoms with Gasteiger partial charge in [-0.3, -0.25) is 19.7 Å². The summed E-state index contributed by atoms with van der Waals surface area (Å²) in [5.41, 5.74) is -0.0535. The molecule has 1 N–H and O–H groups in total. The Morgan fingerprint density at radius 1 is 1.23 bits per heavy atom. The smallest absolute Gasteiger partial charge is 0.277 e. The molecule has 0 radical (unpaired) electrons. The first kappa shape index (κ1) is 21.9. The number of nitrogens with zero attached hydrogens (tertiary/aromatic N) is 2. The number of piperazine rings is 1. The Bertz CT molecular complexity index is 1090. The fourth-order valence-electron chi connectivity index (χ4n) is 3.72. The lowest BCUT2D eigenvalue weighted by atomic mass is 9.84. The molecule has 31 heavy (non-hydrogen) atoms. The van der Waals surface area contributed by atoms with Crippen LogP contribution in [0.5, 0.6) is 0 Å². The molecule has 0 bridgehead atoms. The molecule has 1 heterocycles. The lowest BCUT2D eigenvalue weighted by molar-refractivity contribution is -0.385. The molecule has 160 valence electrons. The number of hydrogen-bond acceptors (Lipinski definition) is 4. The van der Waals surface area contributed by atoms with Crippen LogP contribution in [-0.4, -0.2) is 34.2 Å². The number of rotatable bonds is 6. The highest BCUT2D eigenvalue weighted by Gasteiger charge is 2.46. The molecule has 0 aromatic heterocycles. The number of carbonyl (C=O) groups excluding carboxylic acids is 2. The minimum Gasteiger partial charge on any atom is -0.336 e. The number of halogens is 1. The molecule has 0 spiro atoms. The summed E-state index contributed by atoms with van der Waals surface area (Å²) in [5.74, 6) is -1.28. The Morgan fingerprint density at radius 2 is 1.90 bits per heavy atom. The van der Waals surface area contributed by atoms with Crippen LogP contribution in [0.15, 0.2) is 54.7 Å². The molecule has 3 rings (SSSR count). The molecule has 2 aromatic rings. The molecular formula is C23H22FN3O4. The van der Waals surface area contributed by atoms with Crippen molar-refractivity contribution in [3.05, 3.63) is 87.4 Å². The molecule has 1 saturated heterocycles. The second kappa shape index (κ2) is 8.51. The van der Waals surface area contributed by atoms with Gasteiger partial charge in [-0.05, 0) is 35.8 Å². The van der Waals surface area contributed by atoms with Gasteiger partial charge in [0.15, 0.2) is 0 Å². The summed E-state index contributed by atoms with van der Waals surface area (Å²) in [4.78, 5) is 38.5. The van der Waals surface area contributed by atoms with Gasteiger partial charge in [0, 0.05) is 19.5 Å². The van der Waals surface area contributed by atoms with Gasteiger partial charge in [-0.1, -0.05) is 43.8 Å². The van der Waals surface area contributed by atoms with Gasteiger partial charge in [-0.25, -0.2) is 4.39 Å². The largest absolute Gasteiger partial charge is 0.336 e. The third-order valence-electron chi connectivity index (χ3n) is 5.50. The number of amides is 2. The summed E-state index contributed by atoms with van der Waals surface area (Å²) in [6.45, 7) is 5.45. The molecule has 1 aliphatic heterocycles. The molecule has 7 nitrogen and oxygen atoms in total. The second-order valence-corrected chi connectivity index (χ2v) is 7.33. The first-order valence-corrected chi connectivity index (χ1v) is 9.69. The predicted octanol–water partition coefficient (Wildman–Crippen LogP) is 3.70. The zero-order valence-corrected chi connectivity index (χ0v) is 17.2. The Hall–Kier alpha value is -3.81. The summed E-state index contributed by atoms with van der Waals surface area (Å²) in [7, 11) is 1.46. The van der Waals surface area contributed by atoms with Gasteiger partial charge in [0.05, 0.1) is 10.5 Å². The maximum absolute atomic E-state index is 13.3. The maximum Gasteiger partial charge on any atom is 0.277 e. The fraction of sp³-hybridized carbons (Fsp3) is 0.217. The number of likely N-dealkylation sites (N-methyl/N-ethyl adjacent to an activating group) is 1. The molecule has 0 aliphatic carbocycles. The maximum atomic E-state index is 13.3. The summed E-state index contributed by atoms with van der Waals surface area (Å²) in [6.07, 6.45) is 3.29. The molecular weight excluding hydrogens is 401 g/mol. The van der Waals surface area contributed by atoms with E-state index < -0.39 is 22.2 Å². The van der Waals surface area contributed by atoms with Crippen molar-refractivity contribution in [1.82, 2.24) is 10.2 Å². The molecule has 2 amide bonds. The van der Waals surface area contributed by atoms with Crippen molar-refractivity contribution in [3.8, 4) is 0 Å². The predicted molar refractivity (Wildman–Crippen MR) is 115 cm³/mol. The van der Waals surface area contributed by atoms with Crippen LogP contribution >= 0.6 is 0 Å². The van der Waals surface area contributed by atoms with E-state index in [1.54, 1.807) is 25.1 Å². The summed E-state index contributed by atoms with van der Waals surface area (Å²) in [5, 5.41) is 14.3. The third-order valence-corrected chi connectivity index (χ3v) is 5.50. The van der Waals surface area contributed by atoms with Gasteiger partial charge >= 0.3 is 0 Å². The Kier molecular flexibility index (Phi) is 6.01.